The lowest BCUT2D eigenvalue weighted by atomic mass is 10.0. The van der Waals surface area contributed by atoms with Crippen molar-refractivity contribution in [3.8, 4) is 0 Å². The molecule has 3 aliphatic heterocycles. The topological polar surface area (TPSA) is 61.8 Å². The standard InChI is InChI=1S/C18H24F3N5O2/c1-11-3-4-26(11)17-22-14(18(19,20)21)5-15(23-17)25-8-12-6-24(7-13(12)9-25)10-16(27)28-2/h5,11-13H,3-4,6-10H2,1-2H3. The van der Waals surface area contributed by atoms with Gasteiger partial charge < -0.3 is 14.5 Å². The predicted octanol–water partition coefficient (Wildman–Crippen LogP) is 1.64. The monoisotopic (exact) mass is 399 g/mol. The lowest BCUT2D eigenvalue weighted by Crippen LogP contribution is -2.47. The largest absolute Gasteiger partial charge is 0.468 e. The Labute approximate surface area is 161 Å². The van der Waals surface area contributed by atoms with E-state index in [1.165, 1.54) is 7.11 Å². The van der Waals surface area contributed by atoms with E-state index >= 15 is 0 Å². The lowest BCUT2D eigenvalue weighted by Gasteiger charge is -2.39. The summed E-state index contributed by atoms with van der Waals surface area (Å²) in [7, 11) is 1.37. The second-order valence-corrected chi connectivity index (χ2v) is 7.94. The van der Waals surface area contributed by atoms with E-state index in [0.29, 0.717) is 37.3 Å². The number of anilines is 2. The Balaban J connectivity index is 1.51. The first-order valence-corrected chi connectivity index (χ1v) is 9.51. The highest BCUT2D eigenvalue weighted by Gasteiger charge is 2.42. The van der Waals surface area contributed by atoms with Gasteiger partial charge >= 0.3 is 12.1 Å². The Morgan fingerprint density at radius 2 is 1.89 bits per heavy atom. The number of hydrogen-bond donors (Lipinski definition) is 0. The van der Waals surface area contributed by atoms with Crippen LogP contribution in [0.25, 0.3) is 0 Å². The Bertz CT molecular complexity index is 745. The van der Waals surface area contributed by atoms with Crippen LogP contribution in [0, 0.1) is 11.8 Å². The molecule has 0 aromatic carbocycles. The molecule has 3 saturated heterocycles. The second kappa shape index (κ2) is 7.06. The van der Waals surface area contributed by atoms with E-state index in [-0.39, 0.29) is 24.5 Å². The van der Waals surface area contributed by atoms with E-state index in [4.69, 9.17) is 4.74 Å². The van der Waals surface area contributed by atoms with Crippen LogP contribution in [0.5, 0.6) is 0 Å². The number of halogens is 3. The molecule has 7 nitrogen and oxygen atoms in total. The van der Waals surface area contributed by atoms with Crippen LogP contribution in [0.15, 0.2) is 6.07 Å². The number of fused-ring (bicyclic) bond motifs is 1. The molecule has 28 heavy (non-hydrogen) atoms. The molecule has 4 rings (SSSR count). The minimum atomic E-state index is -4.51. The van der Waals surface area contributed by atoms with E-state index in [1.807, 2.05) is 21.6 Å². The maximum atomic E-state index is 13.4. The SMILES string of the molecule is COC(=O)CN1CC2CN(c3cc(C(F)(F)F)nc(N4CCC4C)n3)CC2C1. The molecule has 10 heteroatoms. The number of ether oxygens (including phenoxy) is 1. The van der Waals surface area contributed by atoms with Crippen molar-refractivity contribution in [3.63, 3.8) is 0 Å². The molecule has 0 radical (unpaired) electrons. The Morgan fingerprint density at radius 1 is 1.21 bits per heavy atom. The molecule has 1 aromatic rings. The summed E-state index contributed by atoms with van der Waals surface area (Å²) in [5, 5.41) is 0. The highest BCUT2D eigenvalue weighted by molar-refractivity contribution is 5.71. The van der Waals surface area contributed by atoms with Crippen molar-refractivity contribution < 1.29 is 22.7 Å². The molecule has 0 aliphatic carbocycles. The minimum Gasteiger partial charge on any atom is -0.468 e. The normalized spacial score (nSPS) is 27.7. The zero-order chi connectivity index (χ0) is 20.1. The van der Waals surface area contributed by atoms with Crippen LogP contribution in [-0.2, 0) is 15.7 Å². The summed E-state index contributed by atoms with van der Waals surface area (Å²) in [5.74, 6) is 0.842. The Morgan fingerprint density at radius 3 is 2.39 bits per heavy atom. The van der Waals surface area contributed by atoms with Crippen molar-refractivity contribution in [2.45, 2.75) is 25.6 Å². The number of carbonyl (C=O) groups is 1. The van der Waals surface area contributed by atoms with Gasteiger partial charge in [-0.1, -0.05) is 0 Å². The van der Waals surface area contributed by atoms with Crippen molar-refractivity contribution in [2.75, 3.05) is 56.2 Å². The molecule has 0 saturated carbocycles. The third-order valence-electron chi connectivity index (χ3n) is 6.03. The van der Waals surface area contributed by atoms with Crippen LogP contribution in [-0.4, -0.2) is 73.3 Å². The van der Waals surface area contributed by atoms with Crippen LogP contribution in [0.2, 0.25) is 0 Å². The van der Waals surface area contributed by atoms with Gasteiger partial charge in [0.15, 0.2) is 5.69 Å². The quantitative estimate of drug-likeness (QED) is 0.714. The number of esters is 1. The second-order valence-electron chi connectivity index (χ2n) is 7.94. The fraction of sp³-hybridized carbons (Fsp3) is 0.722. The summed E-state index contributed by atoms with van der Waals surface area (Å²) in [6.45, 7) is 5.63. The van der Waals surface area contributed by atoms with Crippen molar-refractivity contribution in [3.05, 3.63) is 11.8 Å². The third-order valence-corrected chi connectivity index (χ3v) is 6.03. The molecule has 0 bridgehead atoms. The van der Waals surface area contributed by atoms with Gasteiger partial charge in [-0.25, -0.2) is 4.98 Å². The zero-order valence-corrected chi connectivity index (χ0v) is 15.9. The maximum absolute atomic E-state index is 13.4. The average molecular weight is 399 g/mol. The number of alkyl halides is 3. The van der Waals surface area contributed by atoms with Gasteiger partial charge in [0.25, 0.3) is 0 Å². The van der Waals surface area contributed by atoms with Crippen molar-refractivity contribution >= 4 is 17.7 Å². The molecular formula is C18H24F3N5O2. The maximum Gasteiger partial charge on any atom is 0.433 e. The molecule has 0 spiro atoms. The van der Waals surface area contributed by atoms with Gasteiger partial charge in [0.2, 0.25) is 5.95 Å². The molecule has 3 fully saturated rings. The zero-order valence-electron chi connectivity index (χ0n) is 15.9. The molecule has 1 aromatic heterocycles. The van der Waals surface area contributed by atoms with Gasteiger partial charge in [-0.2, -0.15) is 18.2 Å². The average Bonchev–Trinajstić information content (AvgIpc) is 3.17. The van der Waals surface area contributed by atoms with Gasteiger partial charge in [0.1, 0.15) is 5.82 Å². The summed E-state index contributed by atoms with van der Waals surface area (Å²) < 4.78 is 44.8. The summed E-state index contributed by atoms with van der Waals surface area (Å²) in [6.07, 6.45) is -3.58. The van der Waals surface area contributed by atoms with Gasteiger partial charge in [0.05, 0.1) is 13.7 Å². The van der Waals surface area contributed by atoms with Crippen LogP contribution in [0.1, 0.15) is 19.0 Å². The summed E-state index contributed by atoms with van der Waals surface area (Å²) in [6, 6.07) is 1.21. The first-order valence-electron chi connectivity index (χ1n) is 9.51. The minimum absolute atomic E-state index is 0.154. The number of aromatic nitrogens is 2. The summed E-state index contributed by atoms with van der Waals surface area (Å²) in [4.78, 5) is 25.5. The predicted molar refractivity (Wildman–Crippen MR) is 96.1 cm³/mol. The van der Waals surface area contributed by atoms with Crippen LogP contribution in [0.4, 0.5) is 24.9 Å². The number of carbonyl (C=O) groups excluding carboxylic acids is 1. The Kier molecular flexibility index (Phi) is 4.84. The molecule has 3 atom stereocenters. The first kappa shape index (κ1) is 19.2. The van der Waals surface area contributed by atoms with Crippen LogP contribution in [0.3, 0.4) is 0 Å². The van der Waals surface area contributed by atoms with Gasteiger partial charge in [0, 0.05) is 44.8 Å². The smallest absolute Gasteiger partial charge is 0.433 e. The molecule has 154 valence electrons. The third kappa shape index (κ3) is 3.61. The van der Waals surface area contributed by atoms with Gasteiger partial charge in [-0.15, -0.1) is 0 Å². The molecule has 0 amide bonds. The van der Waals surface area contributed by atoms with Crippen LogP contribution >= 0.6 is 0 Å². The molecular weight excluding hydrogens is 375 g/mol. The van der Waals surface area contributed by atoms with Crippen molar-refractivity contribution in [1.29, 1.82) is 0 Å². The van der Waals surface area contributed by atoms with Gasteiger partial charge in [-0.3, -0.25) is 9.69 Å². The summed E-state index contributed by atoms with van der Waals surface area (Å²) >= 11 is 0. The molecule has 0 N–H and O–H groups in total. The van der Waals surface area contributed by atoms with Gasteiger partial charge in [-0.05, 0) is 25.2 Å². The van der Waals surface area contributed by atoms with Crippen molar-refractivity contribution in [1.82, 2.24) is 14.9 Å². The van der Waals surface area contributed by atoms with Crippen molar-refractivity contribution in [2.24, 2.45) is 11.8 Å². The highest BCUT2D eigenvalue weighted by atomic mass is 19.4. The highest BCUT2D eigenvalue weighted by Crippen LogP contribution is 2.37. The fourth-order valence-corrected chi connectivity index (χ4v) is 4.32. The number of hydrogen-bond acceptors (Lipinski definition) is 7. The van der Waals surface area contributed by atoms with E-state index in [0.717, 1.165) is 25.6 Å². The van der Waals surface area contributed by atoms with E-state index < -0.39 is 11.9 Å². The molecule has 3 aliphatic rings. The lowest BCUT2D eigenvalue weighted by molar-refractivity contribution is -0.142. The number of methoxy groups -OCH3 is 1. The number of likely N-dealkylation sites (tertiary alicyclic amines) is 1. The van der Waals surface area contributed by atoms with E-state index in [2.05, 4.69) is 9.97 Å². The summed E-state index contributed by atoms with van der Waals surface area (Å²) in [5.41, 5.74) is -0.893. The number of rotatable bonds is 4. The molecule has 4 heterocycles. The van der Waals surface area contributed by atoms with E-state index in [1.54, 1.807) is 0 Å². The number of nitrogens with zero attached hydrogens (tertiary/aromatic N) is 5. The fourth-order valence-electron chi connectivity index (χ4n) is 4.32. The van der Waals surface area contributed by atoms with Crippen LogP contribution < -0.4 is 9.80 Å². The first-order chi connectivity index (χ1) is 13.2. The van der Waals surface area contributed by atoms with E-state index in [9.17, 15) is 18.0 Å². The molecule has 3 unspecified atom stereocenters. The Hall–Kier alpha value is -2.10.